The number of rotatable bonds is 11. The molecule has 0 spiro atoms. The highest BCUT2D eigenvalue weighted by Crippen LogP contribution is 2.36. The Balaban J connectivity index is 2.10. The van der Waals surface area contributed by atoms with Crippen molar-refractivity contribution in [2.75, 3.05) is 13.2 Å². The van der Waals surface area contributed by atoms with Gasteiger partial charge in [-0.15, -0.1) is 0 Å². The van der Waals surface area contributed by atoms with Crippen molar-refractivity contribution in [2.24, 2.45) is 0 Å². The number of benzene rings is 2. The lowest BCUT2D eigenvalue weighted by Gasteiger charge is -2.42. The first-order valence-electron chi connectivity index (χ1n) is 11.4. The Morgan fingerprint density at radius 2 is 1.35 bits per heavy atom. The zero-order valence-corrected chi connectivity index (χ0v) is 20.3. The molecule has 0 aliphatic heterocycles. The highest BCUT2D eigenvalue weighted by molar-refractivity contribution is 6.99. The van der Waals surface area contributed by atoms with E-state index < -0.39 is 14.4 Å². The third-order valence-electron chi connectivity index (χ3n) is 5.68. The number of hydrogen-bond donors (Lipinski definition) is 2. The molecule has 2 N–H and O–H groups in total. The highest BCUT2D eigenvalue weighted by atomic mass is 28.4. The van der Waals surface area contributed by atoms with Crippen LogP contribution in [0.5, 0.6) is 0 Å². The summed E-state index contributed by atoms with van der Waals surface area (Å²) in [5.41, 5.74) is 0. The lowest BCUT2D eigenvalue weighted by atomic mass is 10.1. The van der Waals surface area contributed by atoms with E-state index in [0.717, 1.165) is 32.1 Å². The van der Waals surface area contributed by atoms with Crippen molar-refractivity contribution in [1.29, 1.82) is 0 Å². The van der Waals surface area contributed by atoms with E-state index in [0.29, 0.717) is 13.0 Å². The second-order valence-electron chi connectivity index (χ2n) is 9.07. The molecule has 0 aliphatic carbocycles. The van der Waals surface area contributed by atoms with E-state index in [1.807, 2.05) is 12.1 Å². The molecule has 1 unspecified atom stereocenters. The molecule has 0 amide bonds. The summed E-state index contributed by atoms with van der Waals surface area (Å²) < 4.78 is 6.72. The van der Waals surface area contributed by atoms with Crippen LogP contribution in [-0.4, -0.2) is 37.8 Å². The van der Waals surface area contributed by atoms with Gasteiger partial charge in [0.25, 0.3) is 8.32 Å². The first-order chi connectivity index (χ1) is 14.9. The number of aliphatic hydroxyl groups excluding tert-OH is 2. The van der Waals surface area contributed by atoms with Crippen LogP contribution in [0.3, 0.4) is 0 Å². The molecule has 2 aromatic carbocycles. The number of aliphatic hydroxyl groups is 2. The van der Waals surface area contributed by atoms with Crippen molar-refractivity contribution in [3.05, 3.63) is 60.7 Å². The predicted molar refractivity (Wildman–Crippen MR) is 132 cm³/mol. The van der Waals surface area contributed by atoms with Gasteiger partial charge in [0, 0.05) is 6.61 Å². The second-order valence-corrected chi connectivity index (χ2v) is 13.4. The van der Waals surface area contributed by atoms with Crippen molar-refractivity contribution in [3.63, 3.8) is 0 Å². The molecule has 0 aromatic heterocycles. The standard InChI is InChI=1S/C27H38O3Si/c1-27(2,3)31(25-18-10-7-11-19-25,26-20-12-8-13-21-26)30-23-15-17-24(29)16-9-5-4-6-14-22-28/h7-8,10-13,18-21,24,28-29H,4-6,9,14,16,22-23H2,1-3H3. The molecular formula is C27H38O3Si. The summed E-state index contributed by atoms with van der Waals surface area (Å²) in [6, 6.07) is 21.1. The SMILES string of the molecule is CC(C)(C)[Si](OCC#CC(O)CCCCCCCO)(c1ccccc1)c1ccccc1. The van der Waals surface area contributed by atoms with Crippen molar-refractivity contribution < 1.29 is 14.6 Å². The molecule has 1 atom stereocenters. The molecule has 0 bridgehead atoms. The summed E-state index contributed by atoms with van der Waals surface area (Å²) in [7, 11) is -2.57. The van der Waals surface area contributed by atoms with Crippen LogP contribution in [0.15, 0.2) is 60.7 Å². The molecule has 0 saturated carbocycles. The van der Waals surface area contributed by atoms with Gasteiger partial charge in [-0.05, 0) is 34.7 Å². The van der Waals surface area contributed by atoms with Gasteiger partial charge in [0.05, 0.1) is 6.61 Å². The summed E-state index contributed by atoms with van der Waals surface area (Å²) in [6.07, 6.45) is 5.10. The number of unbranched alkanes of at least 4 members (excludes halogenated alkanes) is 4. The maximum absolute atomic E-state index is 10.2. The second kappa shape index (κ2) is 12.8. The maximum atomic E-state index is 10.2. The van der Waals surface area contributed by atoms with Gasteiger partial charge >= 0.3 is 0 Å². The molecule has 0 fully saturated rings. The van der Waals surface area contributed by atoms with Gasteiger partial charge in [0.15, 0.2) is 0 Å². The van der Waals surface area contributed by atoms with Gasteiger partial charge in [0.2, 0.25) is 0 Å². The van der Waals surface area contributed by atoms with Crippen LogP contribution in [-0.2, 0) is 4.43 Å². The van der Waals surface area contributed by atoms with E-state index in [1.54, 1.807) is 0 Å². The molecule has 2 aromatic rings. The lowest BCUT2D eigenvalue weighted by Crippen LogP contribution is -2.66. The van der Waals surface area contributed by atoms with E-state index in [4.69, 9.17) is 9.53 Å². The molecule has 0 heterocycles. The zero-order chi connectivity index (χ0) is 22.6. The minimum atomic E-state index is -2.57. The summed E-state index contributed by atoms with van der Waals surface area (Å²) in [4.78, 5) is 0. The van der Waals surface area contributed by atoms with E-state index in [9.17, 15) is 5.11 Å². The van der Waals surface area contributed by atoms with Crippen molar-refractivity contribution in [3.8, 4) is 11.8 Å². The molecule has 0 aliphatic rings. The van der Waals surface area contributed by atoms with E-state index in [1.165, 1.54) is 10.4 Å². The molecule has 2 rings (SSSR count). The topological polar surface area (TPSA) is 49.7 Å². The minimum Gasteiger partial charge on any atom is -0.396 e. The quantitative estimate of drug-likeness (QED) is 0.313. The Morgan fingerprint density at radius 1 is 0.839 bits per heavy atom. The van der Waals surface area contributed by atoms with Crippen LogP contribution >= 0.6 is 0 Å². The van der Waals surface area contributed by atoms with Gasteiger partial charge in [-0.2, -0.15) is 0 Å². The Labute approximate surface area is 189 Å². The first kappa shape index (κ1) is 25.4. The van der Waals surface area contributed by atoms with Crippen molar-refractivity contribution in [1.82, 2.24) is 0 Å². The van der Waals surface area contributed by atoms with Gasteiger partial charge < -0.3 is 14.6 Å². The van der Waals surface area contributed by atoms with Crippen LogP contribution in [0.4, 0.5) is 0 Å². The minimum absolute atomic E-state index is 0.0788. The summed E-state index contributed by atoms with van der Waals surface area (Å²) in [6.45, 7) is 7.31. The van der Waals surface area contributed by atoms with Gasteiger partial charge in [-0.25, -0.2) is 0 Å². The third kappa shape index (κ3) is 7.33. The first-order valence-corrected chi connectivity index (χ1v) is 13.3. The third-order valence-corrected chi connectivity index (χ3v) is 10.7. The summed E-state index contributed by atoms with van der Waals surface area (Å²) in [5.74, 6) is 6.07. The monoisotopic (exact) mass is 438 g/mol. The van der Waals surface area contributed by atoms with Crippen molar-refractivity contribution in [2.45, 2.75) is 70.4 Å². The van der Waals surface area contributed by atoms with Gasteiger partial charge in [-0.3, -0.25) is 0 Å². The molecule has 168 valence electrons. The Hall–Kier alpha value is -1.90. The van der Waals surface area contributed by atoms with Gasteiger partial charge in [-0.1, -0.05) is 113 Å². The van der Waals surface area contributed by atoms with E-state index in [-0.39, 0.29) is 11.6 Å². The fourth-order valence-electron chi connectivity index (χ4n) is 4.12. The van der Waals surface area contributed by atoms with Crippen LogP contribution < -0.4 is 10.4 Å². The summed E-state index contributed by atoms with van der Waals surface area (Å²) >= 11 is 0. The Bertz CT molecular complexity index is 764. The molecule has 4 heteroatoms. The average molecular weight is 439 g/mol. The highest BCUT2D eigenvalue weighted by Gasteiger charge is 2.49. The molecule has 0 saturated heterocycles. The molecule has 3 nitrogen and oxygen atoms in total. The average Bonchev–Trinajstić information content (AvgIpc) is 2.76. The van der Waals surface area contributed by atoms with Crippen LogP contribution in [0.1, 0.15) is 59.3 Å². The molecule has 31 heavy (non-hydrogen) atoms. The van der Waals surface area contributed by atoms with Crippen LogP contribution in [0.2, 0.25) is 5.04 Å². The molecular weight excluding hydrogens is 400 g/mol. The smallest absolute Gasteiger partial charge is 0.262 e. The fourth-order valence-corrected chi connectivity index (χ4v) is 8.56. The maximum Gasteiger partial charge on any atom is 0.262 e. The Kier molecular flexibility index (Phi) is 10.5. The largest absolute Gasteiger partial charge is 0.396 e. The fraction of sp³-hybridized carbons (Fsp3) is 0.481. The molecule has 0 radical (unpaired) electrons. The predicted octanol–water partition coefficient (Wildman–Crippen LogP) is 4.26. The normalized spacial score (nSPS) is 12.8. The van der Waals surface area contributed by atoms with E-state index >= 15 is 0 Å². The Morgan fingerprint density at radius 3 is 1.87 bits per heavy atom. The van der Waals surface area contributed by atoms with Gasteiger partial charge in [0.1, 0.15) is 6.10 Å². The summed E-state index contributed by atoms with van der Waals surface area (Å²) in [5, 5.41) is 21.4. The van der Waals surface area contributed by atoms with E-state index in [2.05, 4.69) is 81.1 Å². The van der Waals surface area contributed by atoms with Crippen LogP contribution in [0.25, 0.3) is 0 Å². The van der Waals surface area contributed by atoms with Crippen molar-refractivity contribution >= 4 is 18.7 Å². The number of hydrogen-bond acceptors (Lipinski definition) is 3. The zero-order valence-electron chi connectivity index (χ0n) is 19.3. The lowest BCUT2D eigenvalue weighted by molar-refractivity contribution is 0.216. The van der Waals surface area contributed by atoms with Crippen LogP contribution in [0, 0.1) is 11.8 Å².